The number of halogens is 3. The van der Waals surface area contributed by atoms with Crippen LogP contribution in [0, 0.1) is 3.77 Å². The molecule has 2 nitrogen and oxygen atoms in total. The molecule has 1 heterocycles. The lowest BCUT2D eigenvalue weighted by Crippen LogP contribution is -2.00. The van der Waals surface area contributed by atoms with Gasteiger partial charge in [-0.05, 0) is 46.9 Å². The van der Waals surface area contributed by atoms with Crippen LogP contribution in [-0.2, 0) is 6.54 Å². The summed E-state index contributed by atoms with van der Waals surface area (Å²) >= 11 is 2.62. The molecule has 1 N–H and O–H groups in total. The van der Waals surface area contributed by atoms with Gasteiger partial charge in [0.2, 0.25) is 0 Å². The van der Waals surface area contributed by atoms with E-state index in [1.165, 1.54) is 0 Å². The molecule has 0 spiro atoms. The van der Waals surface area contributed by atoms with Crippen LogP contribution in [0.5, 0.6) is 0 Å². The first-order valence-electron chi connectivity index (χ1n) is 5.17. The molecule has 0 atom stereocenters. The Bertz CT molecular complexity index is 518. The molecule has 0 bridgehead atoms. The van der Waals surface area contributed by atoms with Gasteiger partial charge < -0.3 is 9.73 Å². The average molecular weight is 381 g/mol. The summed E-state index contributed by atoms with van der Waals surface area (Å²) in [4.78, 5) is 0.536. The average Bonchev–Trinajstić information content (AvgIpc) is 2.73. The van der Waals surface area contributed by atoms with Crippen molar-refractivity contribution in [2.75, 3.05) is 5.32 Å². The maximum absolute atomic E-state index is 12.4. The first kappa shape index (κ1) is 13.7. The third-order valence-electron chi connectivity index (χ3n) is 2.19. The van der Waals surface area contributed by atoms with Crippen molar-refractivity contribution in [3.05, 3.63) is 45.9 Å². The number of alkyl halides is 2. The summed E-state index contributed by atoms with van der Waals surface area (Å²) in [6.07, 6.45) is 0. The normalized spacial score (nSPS) is 10.9. The van der Waals surface area contributed by atoms with Crippen molar-refractivity contribution in [3.63, 3.8) is 0 Å². The molecule has 6 heteroatoms. The lowest BCUT2D eigenvalue weighted by molar-refractivity contribution is 0.252. The second-order valence-electron chi connectivity index (χ2n) is 3.43. The molecule has 0 aliphatic heterocycles. The molecule has 2 aromatic rings. The van der Waals surface area contributed by atoms with Crippen molar-refractivity contribution in [1.82, 2.24) is 0 Å². The highest BCUT2D eigenvalue weighted by atomic mass is 127. The van der Waals surface area contributed by atoms with Gasteiger partial charge in [-0.3, -0.25) is 0 Å². The van der Waals surface area contributed by atoms with Gasteiger partial charge >= 0.3 is 0 Å². The van der Waals surface area contributed by atoms with Gasteiger partial charge in [0.1, 0.15) is 5.76 Å². The Labute approximate surface area is 121 Å². The van der Waals surface area contributed by atoms with Gasteiger partial charge in [-0.1, -0.05) is 23.9 Å². The summed E-state index contributed by atoms with van der Waals surface area (Å²) < 4.78 is 31.0. The lowest BCUT2D eigenvalue weighted by atomic mass is 10.3. The molecule has 0 unspecified atom stereocenters. The molecular weight excluding hydrogens is 371 g/mol. The molecule has 0 aliphatic rings. The van der Waals surface area contributed by atoms with Crippen LogP contribution in [-0.4, -0.2) is 5.76 Å². The number of thioether (sulfide) groups is 1. The number of anilines is 1. The monoisotopic (exact) mass is 381 g/mol. The van der Waals surface area contributed by atoms with Crippen LogP contribution in [0.2, 0.25) is 0 Å². The fraction of sp³-hybridized carbons (Fsp3) is 0.167. The molecule has 0 fully saturated rings. The van der Waals surface area contributed by atoms with Gasteiger partial charge in [0.05, 0.1) is 6.54 Å². The molecule has 0 saturated carbocycles. The predicted octanol–water partition coefficient (Wildman–Crippen LogP) is 4.81. The van der Waals surface area contributed by atoms with E-state index < -0.39 is 5.76 Å². The molecule has 0 radical (unpaired) electrons. The molecule has 18 heavy (non-hydrogen) atoms. The molecule has 0 aliphatic carbocycles. The molecular formula is C12H10F2INOS. The number of benzene rings is 1. The van der Waals surface area contributed by atoms with Gasteiger partial charge in [0.25, 0.3) is 5.76 Å². The van der Waals surface area contributed by atoms with Crippen LogP contribution in [0.1, 0.15) is 5.76 Å². The van der Waals surface area contributed by atoms with Crippen molar-refractivity contribution in [1.29, 1.82) is 0 Å². The van der Waals surface area contributed by atoms with Gasteiger partial charge in [-0.15, -0.1) is 0 Å². The van der Waals surface area contributed by atoms with Crippen LogP contribution in [0.15, 0.2) is 45.7 Å². The topological polar surface area (TPSA) is 25.2 Å². The zero-order chi connectivity index (χ0) is 13.0. The van der Waals surface area contributed by atoms with Gasteiger partial charge in [-0.25, -0.2) is 0 Å². The minimum atomic E-state index is -2.42. The lowest BCUT2D eigenvalue weighted by Gasteiger charge is -2.10. The quantitative estimate of drug-likeness (QED) is 0.595. The summed E-state index contributed by atoms with van der Waals surface area (Å²) in [6.45, 7) is 0.476. The maximum atomic E-state index is 12.4. The largest absolute Gasteiger partial charge is 0.454 e. The SMILES string of the molecule is FC(F)Sc1ccccc1NCc1ccc(I)o1. The van der Waals surface area contributed by atoms with E-state index in [2.05, 4.69) is 27.9 Å². The summed E-state index contributed by atoms with van der Waals surface area (Å²) in [7, 11) is 0. The summed E-state index contributed by atoms with van der Waals surface area (Å²) in [6, 6.07) is 10.7. The number of rotatable bonds is 5. The highest BCUT2D eigenvalue weighted by Crippen LogP contribution is 2.31. The van der Waals surface area contributed by atoms with Crippen molar-refractivity contribution in [2.24, 2.45) is 0 Å². The van der Waals surface area contributed by atoms with E-state index in [-0.39, 0.29) is 0 Å². The second-order valence-corrected chi connectivity index (χ2v) is 5.53. The fourth-order valence-corrected chi connectivity index (χ4v) is 2.52. The molecule has 96 valence electrons. The van der Waals surface area contributed by atoms with Crippen molar-refractivity contribution in [2.45, 2.75) is 17.2 Å². The highest BCUT2D eigenvalue weighted by molar-refractivity contribution is 14.1. The van der Waals surface area contributed by atoms with Crippen molar-refractivity contribution in [3.8, 4) is 0 Å². The van der Waals surface area contributed by atoms with Gasteiger partial charge in [0.15, 0.2) is 3.77 Å². The first-order chi connectivity index (χ1) is 8.65. The van der Waals surface area contributed by atoms with Crippen molar-refractivity contribution >= 4 is 40.0 Å². The Morgan fingerprint density at radius 1 is 1.22 bits per heavy atom. The standard InChI is InChI=1S/C12H10F2INOS/c13-12(14)18-10-4-2-1-3-9(10)16-7-8-5-6-11(15)17-8/h1-6,12,16H,7H2. The van der Waals surface area contributed by atoms with Crippen LogP contribution < -0.4 is 5.32 Å². The summed E-state index contributed by atoms with van der Waals surface area (Å²) in [5.41, 5.74) is 0.689. The molecule has 0 amide bonds. The van der Waals surface area contributed by atoms with Gasteiger partial charge in [0, 0.05) is 10.6 Å². The predicted molar refractivity (Wildman–Crippen MR) is 77.1 cm³/mol. The van der Waals surface area contributed by atoms with Crippen molar-refractivity contribution < 1.29 is 13.2 Å². The molecule has 1 aromatic heterocycles. The highest BCUT2D eigenvalue weighted by Gasteiger charge is 2.09. The van der Waals surface area contributed by atoms with Gasteiger partial charge in [-0.2, -0.15) is 8.78 Å². The first-order valence-corrected chi connectivity index (χ1v) is 7.13. The summed E-state index contributed by atoms with van der Waals surface area (Å²) in [5, 5.41) is 3.10. The minimum Gasteiger partial charge on any atom is -0.454 e. The van der Waals surface area contributed by atoms with Crippen LogP contribution in [0.25, 0.3) is 0 Å². The Morgan fingerprint density at radius 2 is 2.00 bits per heavy atom. The van der Waals surface area contributed by atoms with E-state index in [4.69, 9.17) is 4.42 Å². The summed E-state index contributed by atoms with van der Waals surface area (Å²) in [5.74, 6) is -1.64. The third kappa shape index (κ3) is 3.88. The number of hydrogen-bond acceptors (Lipinski definition) is 3. The second kappa shape index (κ2) is 6.42. The van der Waals surface area contributed by atoms with E-state index in [0.29, 0.717) is 28.9 Å². The number of para-hydroxylation sites is 1. The molecule has 1 aromatic carbocycles. The maximum Gasteiger partial charge on any atom is 0.288 e. The third-order valence-corrected chi connectivity index (χ3v) is 3.55. The van der Waals surface area contributed by atoms with Crippen LogP contribution in [0.4, 0.5) is 14.5 Å². The zero-order valence-electron chi connectivity index (χ0n) is 9.20. The fourth-order valence-electron chi connectivity index (χ4n) is 1.44. The minimum absolute atomic E-state index is 0.476. The number of nitrogens with one attached hydrogen (secondary N) is 1. The van der Waals surface area contributed by atoms with Crippen LogP contribution in [0.3, 0.4) is 0 Å². The number of furan rings is 1. The number of hydrogen-bond donors (Lipinski definition) is 1. The Morgan fingerprint density at radius 3 is 2.67 bits per heavy atom. The van der Waals surface area contributed by atoms with E-state index in [1.54, 1.807) is 18.2 Å². The van der Waals surface area contributed by atoms with E-state index in [0.717, 1.165) is 9.53 Å². The molecule has 0 saturated heterocycles. The van der Waals surface area contributed by atoms with E-state index >= 15 is 0 Å². The molecule has 2 rings (SSSR count). The van der Waals surface area contributed by atoms with E-state index in [1.807, 2.05) is 18.2 Å². The van der Waals surface area contributed by atoms with Crippen LogP contribution >= 0.6 is 34.4 Å². The Hall–Kier alpha value is -0.760. The smallest absolute Gasteiger partial charge is 0.288 e. The Kier molecular flexibility index (Phi) is 4.87. The Balaban J connectivity index is 2.04. The zero-order valence-corrected chi connectivity index (χ0v) is 12.2. The van der Waals surface area contributed by atoms with E-state index in [9.17, 15) is 8.78 Å².